The molecule has 8 heteroatoms. The molecule has 1 rings (SSSR count). The number of rotatable bonds is 7. The summed E-state index contributed by atoms with van der Waals surface area (Å²) in [7, 11) is -3.26. The Balaban J connectivity index is 2.79. The van der Waals surface area contributed by atoms with Crippen LogP contribution in [0, 0.1) is 0 Å². The zero-order chi connectivity index (χ0) is 14.5. The monoisotopic (exact) mass is 306 g/mol. The lowest BCUT2D eigenvalue weighted by Gasteiger charge is -2.17. The SMILES string of the molecule is CCCN(Cc1nc(C(=O)OCC)cs1)S(C)(=O)=O. The summed E-state index contributed by atoms with van der Waals surface area (Å²) in [5.41, 5.74) is 0.229. The molecule has 0 spiro atoms. The maximum Gasteiger partial charge on any atom is 0.357 e. The van der Waals surface area contributed by atoms with Gasteiger partial charge in [-0.05, 0) is 13.3 Å². The van der Waals surface area contributed by atoms with Gasteiger partial charge in [-0.15, -0.1) is 11.3 Å². The summed E-state index contributed by atoms with van der Waals surface area (Å²) in [6, 6.07) is 0. The van der Waals surface area contributed by atoms with E-state index >= 15 is 0 Å². The number of carbonyl (C=O) groups excluding carboxylic acids is 1. The van der Waals surface area contributed by atoms with E-state index in [1.165, 1.54) is 21.9 Å². The third-order valence-electron chi connectivity index (χ3n) is 2.29. The van der Waals surface area contributed by atoms with Gasteiger partial charge in [0.25, 0.3) is 0 Å². The van der Waals surface area contributed by atoms with Gasteiger partial charge >= 0.3 is 5.97 Å². The molecule has 0 saturated carbocycles. The van der Waals surface area contributed by atoms with E-state index in [1.54, 1.807) is 12.3 Å². The number of esters is 1. The van der Waals surface area contributed by atoms with Crippen molar-refractivity contribution in [2.75, 3.05) is 19.4 Å². The summed E-state index contributed by atoms with van der Waals surface area (Å²) in [5.74, 6) is -0.480. The van der Waals surface area contributed by atoms with Crippen LogP contribution in [0.5, 0.6) is 0 Å². The second-order valence-corrected chi connectivity index (χ2v) is 6.87. The molecule has 1 heterocycles. The fourth-order valence-corrected chi connectivity index (χ4v) is 3.18. The first-order valence-electron chi connectivity index (χ1n) is 5.95. The van der Waals surface area contributed by atoms with Crippen molar-refractivity contribution in [3.8, 4) is 0 Å². The van der Waals surface area contributed by atoms with Gasteiger partial charge in [0, 0.05) is 11.9 Å². The van der Waals surface area contributed by atoms with Gasteiger partial charge in [0.1, 0.15) is 5.01 Å². The molecule has 0 aliphatic rings. The van der Waals surface area contributed by atoms with E-state index in [4.69, 9.17) is 4.74 Å². The third kappa shape index (κ3) is 4.88. The summed E-state index contributed by atoms with van der Waals surface area (Å²) in [6.07, 6.45) is 1.89. The average Bonchev–Trinajstić information content (AvgIpc) is 2.76. The van der Waals surface area contributed by atoms with Gasteiger partial charge in [0.15, 0.2) is 5.69 Å². The lowest BCUT2D eigenvalue weighted by atomic mass is 10.4. The Morgan fingerprint density at radius 2 is 2.16 bits per heavy atom. The van der Waals surface area contributed by atoms with Crippen LogP contribution in [0.15, 0.2) is 5.38 Å². The Morgan fingerprint density at radius 1 is 1.47 bits per heavy atom. The number of thiazole rings is 1. The topological polar surface area (TPSA) is 76.6 Å². The first-order chi connectivity index (χ1) is 8.88. The molecule has 0 saturated heterocycles. The fraction of sp³-hybridized carbons (Fsp3) is 0.636. The predicted molar refractivity (Wildman–Crippen MR) is 73.6 cm³/mol. The minimum Gasteiger partial charge on any atom is -0.461 e. The van der Waals surface area contributed by atoms with E-state index in [2.05, 4.69) is 4.98 Å². The van der Waals surface area contributed by atoms with E-state index in [9.17, 15) is 13.2 Å². The van der Waals surface area contributed by atoms with Crippen LogP contribution >= 0.6 is 11.3 Å². The quantitative estimate of drug-likeness (QED) is 0.713. The highest BCUT2D eigenvalue weighted by Gasteiger charge is 2.19. The molecule has 0 fully saturated rings. The molecule has 0 unspecified atom stereocenters. The van der Waals surface area contributed by atoms with Crippen molar-refractivity contribution in [2.24, 2.45) is 0 Å². The van der Waals surface area contributed by atoms with Crippen molar-refractivity contribution in [1.82, 2.24) is 9.29 Å². The second kappa shape index (κ2) is 6.97. The second-order valence-electron chi connectivity index (χ2n) is 3.94. The number of ether oxygens (including phenoxy) is 1. The Labute approximate surface area is 117 Å². The molecule has 0 aliphatic heterocycles. The normalized spacial score (nSPS) is 11.8. The van der Waals surface area contributed by atoms with Gasteiger partial charge in [-0.3, -0.25) is 0 Å². The van der Waals surface area contributed by atoms with Crippen molar-refractivity contribution < 1.29 is 17.9 Å². The van der Waals surface area contributed by atoms with E-state index in [-0.39, 0.29) is 18.8 Å². The van der Waals surface area contributed by atoms with Crippen molar-refractivity contribution in [3.63, 3.8) is 0 Å². The summed E-state index contributed by atoms with van der Waals surface area (Å²) >= 11 is 1.26. The minimum atomic E-state index is -3.26. The molecule has 0 bridgehead atoms. The van der Waals surface area contributed by atoms with Crippen LogP contribution in [0.3, 0.4) is 0 Å². The number of hydrogen-bond donors (Lipinski definition) is 0. The first-order valence-corrected chi connectivity index (χ1v) is 8.67. The Kier molecular flexibility index (Phi) is 5.89. The van der Waals surface area contributed by atoms with Crippen LogP contribution in [0.4, 0.5) is 0 Å². The number of hydrogen-bond acceptors (Lipinski definition) is 6. The highest BCUT2D eigenvalue weighted by Crippen LogP contribution is 2.15. The van der Waals surface area contributed by atoms with Gasteiger partial charge in [-0.2, -0.15) is 4.31 Å². The molecule has 108 valence electrons. The molecule has 0 atom stereocenters. The number of aromatic nitrogens is 1. The maximum absolute atomic E-state index is 11.6. The Hall–Kier alpha value is -0.990. The molecule has 19 heavy (non-hydrogen) atoms. The summed E-state index contributed by atoms with van der Waals surface area (Å²) in [6.45, 7) is 4.54. The van der Waals surface area contributed by atoms with Crippen LogP contribution in [0.25, 0.3) is 0 Å². The summed E-state index contributed by atoms with van der Waals surface area (Å²) in [4.78, 5) is 15.6. The number of nitrogens with zero attached hydrogens (tertiary/aromatic N) is 2. The molecule has 1 aromatic rings. The number of carbonyl (C=O) groups is 1. The zero-order valence-electron chi connectivity index (χ0n) is 11.2. The first kappa shape index (κ1) is 16.1. The molecule has 6 nitrogen and oxygen atoms in total. The molecule has 0 aliphatic carbocycles. The van der Waals surface area contributed by atoms with E-state index in [0.717, 1.165) is 6.42 Å². The molecule has 0 aromatic carbocycles. The molecule has 0 radical (unpaired) electrons. The summed E-state index contributed by atoms with van der Waals surface area (Å²) in [5, 5.41) is 2.17. The smallest absolute Gasteiger partial charge is 0.357 e. The van der Waals surface area contributed by atoms with Crippen LogP contribution in [-0.2, 0) is 21.3 Å². The highest BCUT2D eigenvalue weighted by molar-refractivity contribution is 7.88. The van der Waals surface area contributed by atoms with E-state index in [1.807, 2.05) is 6.92 Å². The standard InChI is InChI=1S/C11H18N2O4S2/c1-4-6-13(19(3,15)16)7-10-12-9(8-18-10)11(14)17-5-2/h8H,4-7H2,1-3H3. The predicted octanol–water partition coefficient (Wildman–Crippen LogP) is 1.49. The van der Waals surface area contributed by atoms with E-state index < -0.39 is 16.0 Å². The van der Waals surface area contributed by atoms with Crippen LogP contribution < -0.4 is 0 Å². The van der Waals surface area contributed by atoms with Crippen LogP contribution in [0.2, 0.25) is 0 Å². The zero-order valence-corrected chi connectivity index (χ0v) is 12.9. The molecule has 1 aromatic heterocycles. The molecular formula is C11H18N2O4S2. The van der Waals surface area contributed by atoms with Gasteiger partial charge < -0.3 is 4.74 Å². The van der Waals surface area contributed by atoms with Crippen LogP contribution in [0.1, 0.15) is 35.8 Å². The van der Waals surface area contributed by atoms with Gasteiger partial charge in [0.05, 0.1) is 19.4 Å². The average molecular weight is 306 g/mol. The molecular weight excluding hydrogens is 288 g/mol. The van der Waals surface area contributed by atoms with Gasteiger partial charge in [-0.1, -0.05) is 6.92 Å². The lowest BCUT2D eigenvalue weighted by Crippen LogP contribution is -2.30. The van der Waals surface area contributed by atoms with Crippen molar-refractivity contribution in [2.45, 2.75) is 26.8 Å². The van der Waals surface area contributed by atoms with Gasteiger partial charge in [0.2, 0.25) is 10.0 Å². The summed E-state index contributed by atoms with van der Waals surface area (Å²) < 4.78 is 29.3. The Bertz CT molecular complexity index is 525. The van der Waals surface area contributed by atoms with Gasteiger partial charge in [-0.25, -0.2) is 18.2 Å². The largest absolute Gasteiger partial charge is 0.461 e. The van der Waals surface area contributed by atoms with Crippen molar-refractivity contribution >= 4 is 27.3 Å². The third-order valence-corrected chi connectivity index (χ3v) is 4.37. The fourth-order valence-electron chi connectivity index (χ4n) is 1.44. The molecule has 0 N–H and O–H groups in total. The van der Waals surface area contributed by atoms with Crippen LogP contribution in [-0.4, -0.2) is 43.1 Å². The Morgan fingerprint density at radius 3 is 2.68 bits per heavy atom. The maximum atomic E-state index is 11.6. The highest BCUT2D eigenvalue weighted by atomic mass is 32.2. The lowest BCUT2D eigenvalue weighted by molar-refractivity contribution is 0.0520. The number of sulfonamides is 1. The minimum absolute atomic E-state index is 0.191. The molecule has 0 amide bonds. The van der Waals surface area contributed by atoms with E-state index in [0.29, 0.717) is 11.6 Å². The van der Waals surface area contributed by atoms with Crippen molar-refractivity contribution in [1.29, 1.82) is 0 Å². The van der Waals surface area contributed by atoms with Crippen molar-refractivity contribution in [3.05, 3.63) is 16.1 Å².